The predicted octanol–water partition coefficient (Wildman–Crippen LogP) is -0.406. The van der Waals surface area contributed by atoms with Crippen molar-refractivity contribution >= 4 is 12.8 Å². The lowest BCUT2D eigenvalue weighted by Gasteiger charge is -2.14. The summed E-state index contributed by atoms with van der Waals surface area (Å²) < 4.78 is 1.92. The fourth-order valence-electron chi connectivity index (χ4n) is 0.626. The fraction of sp³-hybridized carbons (Fsp3) is 1.00. The van der Waals surface area contributed by atoms with E-state index in [9.17, 15) is 0 Å². The maximum absolute atomic E-state index is 4.23. The highest BCUT2D eigenvalue weighted by atomic mass is 32.1. The zero-order valence-corrected chi connectivity index (χ0v) is 5.51. The van der Waals surface area contributed by atoms with Crippen molar-refractivity contribution in [3.63, 3.8) is 0 Å². The zero-order chi connectivity index (χ0) is 5.56. The van der Waals surface area contributed by atoms with Crippen molar-refractivity contribution in [2.45, 2.75) is 0 Å². The Hall–Kier alpha value is 0.230. The molecule has 0 spiro atoms. The first-order valence-corrected chi connectivity index (χ1v) is 3.26. The highest BCUT2D eigenvalue weighted by Crippen LogP contribution is 2.19. The Morgan fingerprint density at radius 1 is 1.00 bits per heavy atom. The van der Waals surface area contributed by atoms with Crippen LogP contribution in [0.4, 0.5) is 0 Å². The third-order valence-electron chi connectivity index (χ3n) is 1.35. The molecule has 0 aliphatic carbocycles. The molecule has 2 aliphatic rings. The van der Waals surface area contributed by atoms with Crippen LogP contribution in [0.2, 0.25) is 0 Å². The van der Waals surface area contributed by atoms with Crippen molar-refractivity contribution in [1.29, 1.82) is 0 Å². The first-order chi connectivity index (χ1) is 3.88. The average molecular weight is 131 g/mol. The minimum absolute atomic E-state index is 1.18. The minimum atomic E-state index is 1.18. The van der Waals surface area contributed by atoms with E-state index in [0.29, 0.717) is 0 Å². The molecule has 4 heteroatoms. The van der Waals surface area contributed by atoms with Crippen LogP contribution in [0, 0.1) is 0 Å². The second-order valence-electron chi connectivity index (χ2n) is 2.18. The molecule has 0 unspecified atom stereocenters. The number of rotatable bonds is 2. The summed E-state index contributed by atoms with van der Waals surface area (Å²) in [4.78, 5) is 0. The molecule has 0 saturated carbocycles. The summed E-state index contributed by atoms with van der Waals surface area (Å²) in [7, 11) is 0. The Kier molecular flexibility index (Phi) is 1.01. The van der Waals surface area contributed by atoms with Crippen molar-refractivity contribution < 1.29 is 0 Å². The van der Waals surface area contributed by atoms with Gasteiger partial charge in [0.25, 0.3) is 0 Å². The van der Waals surface area contributed by atoms with Crippen LogP contribution < -0.4 is 0 Å². The highest BCUT2D eigenvalue weighted by Gasteiger charge is 2.33. The van der Waals surface area contributed by atoms with Crippen molar-refractivity contribution in [1.82, 2.24) is 14.5 Å². The second-order valence-corrected chi connectivity index (χ2v) is 2.53. The summed E-state index contributed by atoms with van der Waals surface area (Å²) in [5, 5.41) is 4.35. The van der Waals surface area contributed by atoms with Gasteiger partial charge in [0.2, 0.25) is 0 Å². The highest BCUT2D eigenvalue weighted by molar-refractivity contribution is 7.77. The van der Waals surface area contributed by atoms with Crippen LogP contribution in [0.15, 0.2) is 0 Å². The SMILES string of the molecule is SN(N1CC1)N1CC1. The van der Waals surface area contributed by atoms with E-state index in [1.807, 2.05) is 4.52 Å². The Bertz CT molecular complexity index is 87.5. The summed E-state index contributed by atoms with van der Waals surface area (Å²) in [6, 6.07) is 0. The molecule has 0 aromatic rings. The lowest BCUT2D eigenvalue weighted by molar-refractivity contribution is 0.0727. The molecule has 0 aromatic heterocycles. The van der Waals surface area contributed by atoms with Crippen LogP contribution in [-0.2, 0) is 0 Å². The van der Waals surface area contributed by atoms with Crippen molar-refractivity contribution in [3.8, 4) is 0 Å². The third-order valence-corrected chi connectivity index (χ3v) is 1.86. The van der Waals surface area contributed by atoms with Crippen LogP contribution in [0.25, 0.3) is 0 Å². The quantitative estimate of drug-likeness (QED) is 0.403. The van der Waals surface area contributed by atoms with Crippen LogP contribution in [0.5, 0.6) is 0 Å². The summed E-state index contributed by atoms with van der Waals surface area (Å²) >= 11 is 4.23. The molecule has 0 bridgehead atoms. The average Bonchev–Trinajstić information content (AvgIpc) is 2.63. The summed E-state index contributed by atoms with van der Waals surface area (Å²) in [6.45, 7) is 4.72. The maximum Gasteiger partial charge on any atom is 0.0299 e. The Labute approximate surface area is 54.3 Å². The molecule has 8 heavy (non-hydrogen) atoms. The molecule has 46 valence electrons. The first-order valence-electron chi connectivity index (χ1n) is 2.86. The molecule has 0 aromatic carbocycles. The summed E-state index contributed by atoms with van der Waals surface area (Å²) in [6.07, 6.45) is 0. The predicted molar refractivity (Wildman–Crippen MR) is 34.0 cm³/mol. The molecule has 2 fully saturated rings. The minimum Gasteiger partial charge on any atom is -0.215 e. The lowest BCUT2D eigenvalue weighted by Crippen LogP contribution is -2.24. The van der Waals surface area contributed by atoms with E-state index >= 15 is 0 Å². The van der Waals surface area contributed by atoms with E-state index in [4.69, 9.17) is 0 Å². The lowest BCUT2D eigenvalue weighted by atomic mass is 11.0. The van der Waals surface area contributed by atoms with E-state index in [0.717, 1.165) is 0 Å². The fourth-order valence-corrected chi connectivity index (χ4v) is 0.984. The number of hydrogen-bond donors (Lipinski definition) is 1. The van der Waals surface area contributed by atoms with Gasteiger partial charge < -0.3 is 0 Å². The van der Waals surface area contributed by atoms with Crippen LogP contribution in [-0.4, -0.2) is 40.7 Å². The Morgan fingerprint density at radius 2 is 1.38 bits per heavy atom. The van der Waals surface area contributed by atoms with Gasteiger partial charge >= 0.3 is 0 Å². The summed E-state index contributed by atoms with van der Waals surface area (Å²) in [5.74, 6) is 0. The number of hydrogen-bond acceptors (Lipinski definition) is 4. The number of hydrazine groups is 2. The van der Waals surface area contributed by atoms with Gasteiger partial charge in [-0.25, -0.2) is 10.0 Å². The maximum atomic E-state index is 4.23. The van der Waals surface area contributed by atoms with E-state index in [1.165, 1.54) is 26.2 Å². The molecule has 0 atom stereocenters. The van der Waals surface area contributed by atoms with Crippen LogP contribution >= 0.6 is 12.8 Å². The van der Waals surface area contributed by atoms with Gasteiger partial charge in [-0.2, -0.15) is 0 Å². The van der Waals surface area contributed by atoms with Gasteiger partial charge in [-0.3, -0.25) is 0 Å². The number of nitrogens with zero attached hydrogens (tertiary/aromatic N) is 3. The van der Waals surface area contributed by atoms with E-state index in [1.54, 1.807) is 0 Å². The second kappa shape index (κ2) is 1.60. The Balaban J connectivity index is 1.84. The molecule has 2 rings (SSSR count). The molecule has 2 aliphatic heterocycles. The summed E-state index contributed by atoms with van der Waals surface area (Å²) in [5.41, 5.74) is 0. The van der Waals surface area contributed by atoms with Gasteiger partial charge in [0.15, 0.2) is 0 Å². The van der Waals surface area contributed by atoms with E-state index in [-0.39, 0.29) is 0 Å². The normalized spacial score (nSPS) is 29.2. The topological polar surface area (TPSA) is 9.26 Å². The van der Waals surface area contributed by atoms with Crippen molar-refractivity contribution in [2.75, 3.05) is 26.2 Å². The molecule has 3 nitrogen and oxygen atoms in total. The van der Waals surface area contributed by atoms with Gasteiger partial charge in [0.05, 0.1) is 0 Å². The number of thiol groups is 1. The van der Waals surface area contributed by atoms with Crippen molar-refractivity contribution in [2.24, 2.45) is 0 Å². The molecule has 0 radical (unpaired) electrons. The van der Waals surface area contributed by atoms with E-state index in [2.05, 4.69) is 22.8 Å². The molecular weight excluding hydrogens is 122 g/mol. The van der Waals surface area contributed by atoms with Gasteiger partial charge in [-0.05, 0) is 0 Å². The van der Waals surface area contributed by atoms with Gasteiger partial charge in [-0.15, -0.1) is 4.52 Å². The van der Waals surface area contributed by atoms with Gasteiger partial charge in [0, 0.05) is 26.2 Å². The Morgan fingerprint density at radius 3 is 1.62 bits per heavy atom. The van der Waals surface area contributed by atoms with Crippen molar-refractivity contribution in [3.05, 3.63) is 0 Å². The molecule has 0 N–H and O–H groups in total. The first kappa shape index (κ1) is 5.05. The molecular formula is C4H9N3S. The molecule has 2 saturated heterocycles. The monoisotopic (exact) mass is 131 g/mol. The smallest absolute Gasteiger partial charge is 0.0299 e. The van der Waals surface area contributed by atoms with Gasteiger partial charge in [-0.1, -0.05) is 12.8 Å². The van der Waals surface area contributed by atoms with Crippen LogP contribution in [0.3, 0.4) is 0 Å². The standard InChI is InChI=1S/C4H9N3S/c8-7(5-1-2-5)6-3-4-6/h8H,1-4H2. The molecule has 2 heterocycles. The largest absolute Gasteiger partial charge is 0.215 e. The van der Waals surface area contributed by atoms with Crippen LogP contribution in [0.1, 0.15) is 0 Å². The zero-order valence-electron chi connectivity index (χ0n) is 4.62. The third kappa shape index (κ3) is 0.842. The molecule has 0 amide bonds. The van der Waals surface area contributed by atoms with E-state index < -0.39 is 0 Å². The van der Waals surface area contributed by atoms with Gasteiger partial charge in [0.1, 0.15) is 0 Å².